The molecule has 3 heterocycles. The topological polar surface area (TPSA) is 127 Å². The van der Waals surface area contributed by atoms with E-state index in [0.29, 0.717) is 42.1 Å². The maximum atomic E-state index is 12.2. The molecule has 3 aromatic heterocycles. The molecule has 26 heavy (non-hydrogen) atoms. The number of nitrogens with zero attached hydrogens (tertiary/aromatic N) is 4. The first-order valence-corrected chi connectivity index (χ1v) is 9.10. The standard InChI is InChI=1S/C16H16N6O3S/c1-8-19-11(7-26-8)13-18-6-10(15(24)21-13)14(23)17-5-4-12-20-16(25-22-12)9-2-3-9/h6-7,9H,2-5H2,1H3,(H,17,23)(H,18,21,24). The van der Waals surface area contributed by atoms with Gasteiger partial charge in [-0.2, -0.15) is 4.98 Å². The van der Waals surface area contributed by atoms with Crippen molar-refractivity contribution in [1.29, 1.82) is 0 Å². The highest BCUT2D eigenvalue weighted by Crippen LogP contribution is 2.38. The Morgan fingerprint density at radius 2 is 2.27 bits per heavy atom. The van der Waals surface area contributed by atoms with E-state index in [4.69, 9.17) is 4.52 Å². The summed E-state index contributed by atoms with van der Waals surface area (Å²) < 4.78 is 5.16. The minimum absolute atomic E-state index is 0.0486. The average molecular weight is 372 g/mol. The van der Waals surface area contributed by atoms with E-state index >= 15 is 0 Å². The molecule has 0 aromatic carbocycles. The summed E-state index contributed by atoms with van der Waals surface area (Å²) in [6.45, 7) is 2.17. The van der Waals surface area contributed by atoms with Gasteiger partial charge in [-0.25, -0.2) is 9.97 Å². The van der Waals surface area contributed by atoms with Crippen molar-refractivity contribution in [1.82, 2.24) is 30.4 Å². The molecule has 1 fully saturated rings. The summed E-state index contributed by atoms with van der Waals surface area (Å²) in [6.07, 6.45) is 3.87. The minimum atomic E-state index is -0.506. The first-order chi connectivity index (χ1) is 12.6. The Morgan fingerprint density at radius 1 is 1.42 bits per heavy atom. The number of carbonyl (C=O) groups excluding carboxylic acids is 1. The second-order valence-electron chi connectivity index (χ2n) is 6.06. The molecule has 2 N–H and O–H groups in total. The van der Waals surface area contributed by atoms with Gasteiger partial charge in [-0.15, -0.1) is 11.3 Å². The largest absolute Gasteiger partial charge is 0.351 e. The number of aryl methyl sites for hydroxylation is 1. The average Bonchev–Trinajstić information content (AvgIpc) is 3.21. The van der Waals surface area contributed by atoms with E-state index in [-0.39, 0.29) is 5.56 Å². The van der Waals surface area contributed by atoms with E-state index < -0.39 is 11.5 Å². The Hall–Kier alpha value is -2.88. The maximum Gasteiger partial charge on any atom is 0.264 e. The quantitative estimate of drug-likeness (QED) is 0.670. The predicted molar refractivity (Wildman–Crippen MR) is 93.0 cm³/mol. The molecule has 1 saturated carbocycles. The van der Waals surface area contributed by atoms with Gasteiger partial charge in [-0.3, -0.25) is 9.59 Å². The Labute approximate surface area is 151 Å². The van der Waals surface area contributed by atoms with E-state index in [1.807, 2.05) is 6.92 Å². The van der Waals surface area contributed by atoms with Crippen molar-refractivity contribution in [2.45, 2.75) is 32.1 Å². The van der Waals surface area contributed by atoms with Crippen LogP contribution in [0.15, 0.2) is 20.9 Å². The van der Waals surface area contributed by atoms with Crippen molar-refractivity contribution >= 4 is 17.2 Å². The van der Waals surface area contributed by atoms with Gasteiger partial charge in [0.15, 0.2) is 11.6 Å². The van der Waals surface area contributed by atoms with Crippen LogP contribution in [0, 0.1) is 6.92 Å². The van der Waals surface area contributed by atoms with Crippen molar-refractivity contribution in [3.63, 3.8) is 0 Å². The van der Waals surface area contributed by atoms with Crippen molar-refractivity contribution < 1.29 is 9.32 Å². The fraction of sp³-hybridized carbons (Fsp3) is 0.375. The van der Waals surface area contributed by atoms with Crippen LogP contribution in [0.4, 0.5) is 0 Å². The number of thiazole rings is 1. The van der Waals surface area contributed by atoms with E-state index in [2.05, 4.69) is 30.4 Å². The number of aromatic nitrogens is 5. The lowest BCUT2D eigenvalue weighted by Gasteiger charge is -2.03. The monoisotopic (exact) mass is 372 g/mol. The first-order valence-electron chi connectivity index (χ1n) is 8.22. The van der Waals surface area contributed by atoms with E-state index in [0.717, 1.165) is 17.8 Å². The third-order valence-corrected chi connectivity index (χ3v) is 4.72. The molecular weight excluding hydrogens is 356 g/mol. The third-order valence-electron chi connectivity index (χ3n) is 3.95. The molecule has 9 nitrogen and oxygen atoms in total. The SMILES string of the molecule is Cc1nc(-c2ncc(C(=O)NCCc3noc(C4CC4)n3)c(=O)[nH]2)cs1. The number of hydrogen-bond acceptors (Lipinski definition) is 8. The fourth-order valence-corrected chi connectivity index (χ4v) is 3.00. The second kappa shape index (κ2) is 6.79. The molecule has 1 aliphatic rings. The van der Waals surface area contributed by atoms with Crippen LogP contribution in [-0.2, 0) is 6.42 Å². The lowest BCUT2D eigenvalue weighted by atomic mass is 10.3. The molecule has 1 amide bonds. The second-order valence-corrected chi connectivity index (χ2v) is 7.12. The molecule has 1 aliphatic carbocycles. The normalized spacial score (nSPS) is 13.7. The molecule has 134 valence electrons. The number of hydrogen-bond donors (Lipinski definition) is 2. The Bertz CT molecular complexity index is 1000. The highest BCUT2D eigenvalue weighted by molar-refractivity contribution is 7.09. The van der Waals surface area contributed by atoms with Crippen LogP contribution in [0.5, 0.6) is 0 Å². The zero-order valence-corrected chi connectivity index (χ0v) is 14.8. The van der Waals surface area contributed by atoms with E-state index in [9.17, 15) is 9.59 Å². The molecule has 0 bridgehead atoms. The van der Waals surface area contributed by atoms with Crippen LogP contribution in [-0.4, -0.2) is 37.5 Å². The van der Waals surface area contributed by atoms with Gasteiger partial charge in [0.2, 0.25) is 5.89 Å². The summed E-state index contributed by atoms with van der Waals surface area (Å²) in [6, 6.07) is 0. The van der Waals surface area contributed by atoms with E-state index in [1.165, 1.54) is 17.5 Å². The summed E-state index contributed by atoms with van der Waals surface area (Å²) >= 11 is 1.46. The maximum absolute atomic E-state index is 12.2. The van der Waals surface area contributed by atoms with Crippen molar-refractivity contribution in [3.05, 3.63) is 44.2 Å². The van der Waals surface area contributed by atoms with Crippen molar-refractivity contribution in [2.75, 3.05) is 6.54 Å². The van der Waals surface area contributed by atoms with Gasteiger partial charge in [-0.1, -0.05) is 5.16 Å². The van der Waals surface area contributed by atoms with Crippen LogP contribution < -0.4 is 10.9 Å². The Morgan fingerprint density at radius 3 is 2.96 bits per heavy atom. The summed E-state index contributed by atoms with van der Waals surface area (Å²) in [7, 11) is 0. The van der Waals surface area contributed by atoms with Gasteiger partial charge in [0.1, 0.15) is 11.3 Å². The molecule has 0 aliphatic heterocycles. The lowest BCUT2D eigenvalue weighted by molar-refractivity contribution is 0.0952. The third kappa shape index (κ3) is 3.54. The smallest absolute Gasteiger partial charge is 0.264 e. The molecule has 0 saturated heterocycles. The number of H-pyrrole nitrogens is 1. The first kappa shape index (κ1) is 16.6. The van der Waals surface area contributed by atoms with Gasteiger partial charge in [-0.05, 0) is 19.8 Å². The van der Waals surface area contributed by atoms with Gasteiger partial charge < -0.3 is 14.8 Å². The Balaban J connectivity index is 1.37. The number of carbonyl (C=O) groups is 1. The van der Waals surface area contributed by atoms with Gasteiger partial charge in [0.25, 0.3) is 11.5 Å². The van der Waals surface area contributed by atoms with Crippen LogP contribution in [0.25, 0.3) is 11.5 Å². The molecular formula is C16H16N6O3S. The minimum Gasteiger partial charge on any atom is -0.351 e. The predicted octanol–water partition coefficient (Wildman–Crippen LogP) is 1.43. The summed E-state index contributed by atoms with van der Waals surface area (Å²) in [5.41, 5.74) is 0.0290. The van der Waals surface area contributed by atoms with Gasteiger partial charge in [0.05, 0.1) is 5.01 Å². The number of amides is 1. The van der Waals surface area contributed by atoms with Gasteiger partial charge in [0, 0.05) is 30.5 Å². The van der Waals surface area contributed by atoms with Gasteiger partial charge >= 0.3 is 0 Å². The summed E-state index contributed by atoms with van der Waals surface area (Å²) in [4.78, 5) is 39.6. The zero-order valence-electron chi connectivity index (χ0n) is 14.0. The fourth-order valence-electron chi connectivity index (χ4n) is 2.41. The lowest BCUT2D eigenvalue weighted by Crippen LogP contribution is -2.31. The van der Waals surface area contributed by atoms with Crippen LogP contribution in [0.3, 0.4) is 0 Å². The molecule has 10 heteroatoms. The van der Waals surface area contributed by atoms with Crippen LogP contribution >= 0.6 is 11.3 Å². The van der Waals surface area contributed by atoms with Crippen LogP contribution in [0.1, 0.15) is 45.8 Å². The zero-order chi connectivity index (χ0) is 18.1. The van der Waals surface area contributed by atoms with Crippen molar-refractivity contribution in [3.8, 4) is 11.5 Å². The van der Waals surface area contributed by atoms with E-state index in [1.54, 1.807) is 5.38 Å². The van der Waals surface area contributed by atoms with Crippen molar-refractivity contribution in [2.24, 2.45) is 0 Å². The highest BCUT2D eigenvalue weighted by atomic mass is 32.1. The molecule has 0 unspecified atom stereocenters. The number of nitrogens with one attached hydrogen (secondary N) is 2. The molecule has 3 aromatic rings. The van der Waals surface area contributed by atoms with Crippen LogP contribution in [0.2, 0.25) is 0 Å². The summed E-state index contributed by atoms with van der Waals surface area (Å²) in [5, 5.41) is 9.23. The number of aromatic amines is 1. The molecule has 0 atom stereocenters. The highest BCUT2D eigenvalue weighted by Gasteiger charge is 2.29. The summed E-state index contributed by atoms with van der Waals surface area (Å²) in [5.74, 6) is 1.46. The molecule has 4 rings (SSSR count). The number of rotatable bonds is 6. The molecule has 0 spiro atoms. The molecule has 0 radical (unpaired) electrons. The Kier molecular flexibility index (Phi) is 4.33.